The van der Waals surface area contributed by atoms with Crippen molar-refractivity contribution in [2.24, 2.45) is 0 Å². The van der Waals surface area contributed by atoms with E-state index in [1.807, 2.05) is 89.3 Å². The van der Waals surface area contributed by atoms with Crippen LogP contribution < -0.4 is 10.9 Å². The maximum absolute atomic E-state index is 13.5. The van der Waals surface area contributed by atoms with Gasteiger partial charge in [0.15, 0.2) is 22.2 Å². The molecule has 7 aromatic rings. The minimum atomic E-state index is -0.143. The zero-order chi connectivity index (χ0) is 23.5. The zero-order valence-corrected chi connectivity index (χ0v) is 18.5. The topological polar surface area (TPSA) is 64.3 Å². The Balaban J connectivity index is 1.72. The number of pyridine rings is 4. The molecular weight excluding hydrogens is 434 g/mol. The maximum atomic E-state index is 13.5. The van der Waals surface area contributed by atoms with E-state index in [9.17, 15) is 9.59 Å². The molecule has 0 bridgehead atoms. The lowest BCUT2D eigenvalue weighted by atomic mass is 10.0. The number of hydrogen-bond acceptors (Lipinski definition) is 4. The van der Waals surface area contributed by atoms with Gasteiger partial charge in [0.1, 0.15) is 0 Å². The number of fused-ring (bicyclic) bond motifs is 4. The fourth-order valence-corrected chi connectivity index (χ4v) is 4.88. The molecule has 0 amide bonds. The number of rotatable bonds is 2. The quantitative estimate of drug-likeness (QED) is 0.251. The number of para-hydroxylation sites is 1. The molecule has 0 aliphatic heterocycles. The summed E-state index contributed by atoms with van der Waals surface area (Å²) in [6.45, 7) is 0. The SMILES string of the molecule is O=c1c2ccc(-c3ccccc3)nc2n2c3nc(-c4ccccc4)ccc3c(=O)c3cccc1c32. The Morgan fingerprint density at radius 1 is 0.457 bits per heavy atom. The van der Waals surface area contributed by atoms with Crippen molar-refractivity contribution >= 4 is 38.4 Å². The van der Waals surface area contributed by atoms with Crippen LogP contribution in [0.4, 0.5) is 0 Å². The van der Waals surface area contributed by atoms with Gasteiger partial charge in [0.2, 0.25) is 0 Å². The molecule has 35 heavy (non-hydrogen) atoms. The summed E-state index contributed by atoms with van der Waals surface area (Å²) in [4.78, 5) is 36.9. The summed E-state index contributed by atoms with van der Waals surface area (Å²) in [5.74, 6) is 0. The standard InChI is InChI=1S/C30H17N3O2/c34-27-20-12-7-13-21-26(20)33(29-22(27)14-16-24(31-29)18-8-3-1-4-9-18)30-23(28(21)35)15-17-25(32-30)19-10-5-2-6-11-19/h1-17H. The van der Waals surface area contributed by atoms with E-state index in [2.05, 4.69) is 0 Å². The molecule has 5 heteroatoms. The second kappa shape index (κ2) is 7.30. The third-order valence-corrected chi connectivity index (χ3v) is 6.55. The Hall–Kier alpha value is -4.90. The van der Waals surface area contributed by atoms with Crippen LogP contribution in [0.2, 0.25) is 0 Å². The maximum Gasteiger partial charge on any atom is 0.198 e. The van der Waals surface area contributed by atoms with Gasteiger partial charge in [0, 0.05) is 21.9 Å². The molecule has 0 saturated carbocycles. The van der Waals surface area contributed by atoms with Crippen LogP contribution in [0.15, 0.2) is 113 Å². The number of nitrogens with zero attached hydrogens (tertiary/aromatic N) is 3. The van der Waals surface area contributed by atoms with E-state index in [0.29, 0.717) is 38.4 Å². The van der Waals surface area contributed by atoms with Gasteiger partial charge in [-0.1, -0.05) is 66.7 Å². The first kappa shape index (κ1) is 19.6. The first-order chi connectivity index (χ1) is 17.2. The number of aromatic nitrogens is 3. The van der Waals surface area contributed by atoms with Crippen molar-refractivity contribution in [2.45, 2.75) is 0 Å². The summed E-state index contributed by atoms with van der Waals surface area (Å²) in [7, 11) is 0. The molecule has 0 fully saturated rings. The van der Waals surface area contributed by atoms with Crippen LogP contribution in [0, 0.1) is 0 Å². The van der Waals surface area contributed by atoms with Gasteiger partial charge in [-0.25, -0.2) is 9.97 Å². The molecule has 0 atom stereocenters. The van der Waals surface area contributed by atoms with Crippen molar-refractivity contribution in [1.82, 2.24) is 14.4 Å². The van der Waals surface area contributed by atoms with Gasteiger partial charge in [-0.3, -0.25) is 14.0 Å². The van der Waals surface area contributed by atoms with E-state index in [-0.39, 0.29) is 10.9 Å². The van der Waals surface area contributed by atoms with Crippen LogP contribution in [-0.2, 0) is 0 Å². The second-order valence-electron chi connectivity index (χ2n) is 8.56. The third kappa shape index (κ3) is 2.82. The Morgan fingerprint density at radius 3 is 1.37 bits per heavy atom. The second-order valence-corrected chi connectivity index (χ2v) is 8.56. The van der Waals surface area contributed by atoms with E-state index < -0.39 is 0 Å². The van der Waals surface area contributed by atoms with E-state index in [1.165, 1.54) is 0 Å². The predicted molar refractivity (Wildman–Crippen MR) is 140 cm³/mol. The third-order valence-electron chi connectivity index (χ3n) is 6.55. The average molecular weight is 451 g/mol. The molecule has 0 saturated heterocycles. The van der Waals surface area contributed by atoms with Gasteiger partial charge in [-0.2, -0.15) is 0 Å². The fourth-order valence-electron chi connectivity index (χ4n) is 4.88. The first-order valence-corrected chi connectivity index (χ1v) is 11.4. The fraction of sp³-hybridized carbons (Fsp3) is 0. The van der Waals surface area contributed by atoms with Crippen molar-refractivity contribution < 1.29 is 0 Å². The minimum absolute atomic E-state index is 0.143. The molecule has 4 heterocycles. The molecule has 0 aliphatic carbocycles. The Labute approximate surface area is 198 Å². The monoisotopic (exact) mass is 451 g/mol. The van der Waals surface area contributed by atoms with Crippen LogP contribution in [0.25, 0.3) is 60.9 Å². The highest BCUT2D eigenvalue weighted by Gasteiger charge is 2.19. The van der Waals surface area contributed by atoms with Gasteiger partial charge in [0.25, 0.3) is 0 Å². The normalized spacial score (nSPS) is 11.7. The summed E-state index contributed by atoms with van der Waals surface area (Å²) in [5, 5.41) is 1.94. The van der Waals surface area contributed by atoms with E-state index >= 15 is 0 Å². The highest BCUT2D eigenvalue weighted by molar-refractivity contribution is 6.06. The summed E-state index contributed by atoms with van der Waals surface area (Å²) in [5.41, 5.74) is 4.63. The van der Waals surface area contributed by atoms with E-state index in [4.69, 9.17) is 9.97 Å². The summed E-state index contributed by atoms with van der Waals surface area (Å²) in [6.07, 6.45) is 0. The number of hydrogen-bond donors (Lipinski definition) is 0. The van der Waals surface area contributed by atoms with Crippen LogP contribution in [0.1, 0.15) is 0 Å². The molecule has 164 valence electrons. The largest absolute Gasteiger partial charge is 0.288 e. The molecule has 3 aromatic carbocycles. The molecule has 0 unspecified atom stereocenters. The van der Waals surface area contributed by atoms with Gasteiger partial charge in [-0.05, 0) is 36.4 Å². The molecule has 0 N–H and O–H groups in total. The zero-order valence-electron chi connectivity index (χ0n) is 18.5. The van der Waals surface area contributed by atoms with Crippen molar-refractivity contribution in [1.29, 1.82) is 0 Å². The molecular formula is C30H17N3O2. The lowest BCUT2D eigenvalue weighted by molar-refractivity contribution is 1.18. The van der Waals surface area contributed by atoms with Gasteiger partial charge in [0.05, 0.1) is 27.7 Å². The lowest BCUT2D eigenvalue weighted by Crippen LogP contribution is -2.15. The van der Waals surface area contributed by atoms with Crippen molar-refractivity contribution in [3.05, 3.63) is 124 Å². The highest BCUT2D eigenvalue weighted by atomic mass is 16.1. The molecule has 7 rings (SSSR count). The van der Waals surface area contributed by atoms with Crippen molar-refractivity contribution in [2.75, 3.05) is 0 Å². The van der Waals surface area contributed by atoms with Crippen LogP contribution >= 0.6 is 0 Å². The molecule has 0 spiro atoms. The Morgan fingerprint density at radius 2 is 0.914 bits per heavy atom. The highest BCUT2D eigenvalue weighted by Crippen LogP contribution is 2.28. The van der Waals surface area contributed by atoms with Crippen molar-refractivity contribution in [3.8, 4) is 22.5 Å². The summed E-state index contributed by atoms with van der Waals surface area (Å²) >= 11 is 0. The van der Waals surface area contributed by atoms with Gasteiger partial charge >= 0.3 is 0 Å². The van der Waals surface area contributed by atoms with E-state index in [0.717, 1.165) is 22.5 Å². The lowest BCUT2D eigenvalue weighted by Gasteiger charge is -2.14. The van der Waals surface area contributed by atoms with Gasteiger partial charge in [-0.15, -0.1) is 0 Å². The molecule has 0 aliphatic rings. The van der Waals surface area contributed by atoms with Crippen LogP contribution in [0.5, 0.6) is 0 Å². The molecule has 5 nitrogen and oxygen atoms in total. The number of benzene rings is 3. The summed E-state index contributed by atoms with van der Waals surface area (Å²) < 4.78 is 1.89. The van der Waals surface area contributed by atoms with Crippen LogP contribution in [-0.4, -0.2) is 14.4 Å². The Kier molecular flexibility index (Phi) is 4.08. The molecule has 0 radical (unpaired) electrons. The van der Waals surface area contributed by atoms with Crippen LogP contribution in [0.3, 0.4) is 0 Å². The average Bonchev–Trinajstić information content (AvgIpc) is 2.93. The smallest absolute Gasteiger partial charge is 0.198 e. The van der Waals surface area contributed by atoms with Crippen molar-refractivity contribution in [3.63, 3.8) is 0 Å². The molecule has 4 aromatic heterocycles. The van der Waals surface area contributed by atoms with Gasteiger partial charge < -0.3 is 0 Å². The first-order valence-electron chi connectivity index (χ1n) is 11.4. The minimum Gasteiger partial charge on any atom is -0.288 e. The summed E-state index contributed by atoms with van der Waals surface area (Å²) in [6, 6.07) is 32.3. The Bertz CT molecular complexity index is 1890. The predicted octanol–water partition coefficient (Wildman–Crippen LogP) is 5.68. The van der Waals surface area contributed by atoms with E-state index in [1.54, 1.807) is 18.2 Å².